The smallest absolute Gasteiger partial charge is 0.188 e. The lowest BCUT2D eigenvalue weighted by Crippen LogP contribution is -1.99. The van der Waals surface area contributed by atoms with Crippen LogP contribution in [0.15, 0.2) is 42.5 Å². The molecule has 102 valence electrons. The Balaban J connectivity index is 2.00. The van der Waals surface area contributed by atoms with Crippen LogP contribution in [-0.2, 0) is 0 Å². The molecule has 0 N–H and O–H groups in total. The van der Waals surface area contributed by atoms with E-state index in [0.29, 0.717) is 16.6 Å². The van der Waals surface area contributed by atoms with Crippen molar-refractivity contribution in [2.45, 2.75) is 6.92 Å². The zero-order valence-electron chi connectivity index (χ0n) is 11.2. The van der Waals surface area contributed by atoms with Gasteiger partial charge in [-0.25, -0.2) is 9.97 Å². The van der Waals surface area contributed by atoms with E-state index in [1.165, 1.54) is 0 Å². The van der Waals surface area contributed by atoms with Crippen LogP contribution in [0.4, 0.5) is 0 Å². The third-order valence-corrected chi connectivity index (χ3v) is 3.55. The second-order valence-corrected chi connectivity index (χ2v) is 5.12. The number of fused-ring (bicyclic) bond motifs is 2. The highest BCUT2D eigenvalue weighted by atomic mass is 35.5. The molecule has 4 rings (SSSR count). The number of nitrogens with zero attached hydrogens (tertiary/aromatic N) is 5. The van der Waals surface area contributed by atoms with Crippen molar-refractivity contribution in [3.63, 3.8) is 0 Å². The molecule has 0 spiro atoms. The molecule has 0 saturated carbocycles. The van der Waals surface area contributed by atoms with Crippen LogP contribution in [-0.4, -0.2) is 24.6 Å². The van der Waals surface area contributed by atoms with E-state index in [1.807, 2.05) is 47.7 Å². The van der Waals surface area contributed by atoms with Crippen molar-refractivity contribution in [1.29, 1.82) is 0 Å². The van der Waals surface area contributed by atoms with E-state index in [9.17, 15) is 0 Å². The molecule has 0 aliphatic carbocycles. The monoisotopic (exact) mass is 295 g/mol. The lowest BCUT2D eigenvalue weighted by atomic mass is 10.2. The van der Waals surface area contributed by atoms with Crippen molar-refractivity contribution in [3.05, 3.63) is 53.4 Å². The van der Waals surface area contributed by atoms with E-state index in [-0.39, 0.29) is 0 Å². The molecule has 3 aromatic heterocycles. The largest absolute Gasteiger partial charge is 0.261 e. The zero-order valence-corrected chi connectivity index (χ0v) is 11.9. The number of pyridine rings is 1. The van der Waals surface area contributed by atoms with Crippen LogP contribution in [0.3, 0.4) is 0 Å². The summed E-state index contributed by atoms with van der Waals surface area (Å²) in [5.74, 6) is 1.39. The van der Waals surface area contributed by atoms with Gasteiger partial charge in [0.1, 0.15) is 16.7 Å². The molecular formula is C15H10ClN5. The van der Waals surface area contributed by atoms with Gasteiger partial charge in [0.05, 0.1) is 5.52 Å². The van der Waals surface area contributed by atoms with Gasteiger partial charge in [-0.2, -0.15) is 0 Å². The van der Waals surface area contributed by atoms with Gasteiger partial charge in [-0.15, -0.1) is 10.2 Å². The molecule has 4 aromatic rings. The van der Waals surface area contributed by atoms with Crippen LogP contribution in [0.2, 0.25) is 5.15 Å². The summed E-state index contributed by atoms with van der Waals surface area (Å²) in [7, 11) is 0. The molecule has 0 fully saturated rings. The Hall–Kier alpha value is -2.53. The highest BCUT2D eigenvalue weighted by Gasteiger charge is 2.13. The van der Waals surface area contributed by atoms with Gasteiger partial charge in [0, 0.05) is 11.5 Å². The number of hydrogen-bond acceptors (Lipinski definition) is 4. The molecule has 0 unspecified atom stereocenters. The van der Waals surface area contributed by atoms with Gasteiger partial charge >= 0.3 is 0 Å². The molecule has 0 amide bonds. The molecule has 0 saturated heterocycles. The van der Waals surface area contributed by atoms with Crippen LogP contribution < -0.4 is 0 Å². The van der Waals surface area contributed by atoms with E-state index < -0.39 is 0 Å². The number of aromatic nitrogens is 5. The molecule has 3 heterocycles. The minimum absolute atomic E-state index is 0.408. The van der Waals surface area contributed by atoms with E-state index in [2.05, 4.69) is 20.2 Å². The Labute approximate surface area is 125 Å². The first-order valence-electron chi connectivity index (χ1n) is 6.47. The van der Waals surface area contributed by atoms with Crippen molar-refractivity contribution < 1.29 is 0 Å². The Kier molecular flexibility index (Phi) is 2.62. The lowest BCUT2D eigenvalue weighted by Gasteiger charge is -2.04. The average Bonchev–Trinajstić information content (AvgIpc) is 2.90. The summed E-state index contributed by atoms with van der Waals surface area (Å²) in [6.45, 7) is 1.87. The standard InChI is InChI=1S/C15H10ClN5/c1-9-17-13(16)8-14-19-20-15(21(9)14)12-7-6-10-4-2-3-5-11(10)18-12/h2-8H,1H3. The topological polar surface area (TPSA) is 56.0 Å². The minimum Gasteiger partial charge on any atom is -0.261 e. The van der Waals surface area contributed by atoms with Gasteiger partial charge in [-0.05, 0) is 19.1 Å². The summed E-state index contributed by atoms with van der Waals surface area (Å²) in [5.41, 5.74) is 2.34. The van der Waals surface area contributed by atoms with Gasteiger partial charge in [0.2, 0.25) is 0 Å². The number of halogens is 1. The summed E-state index contributed by atoms with van der Waals surface area (Å²) in [6, 6.07) is 13.6. The summed E-state index contributed by atoms with van der Waals surface area (Å²) >= 11 is 5.95. The SMILES string of the molecule is Cc1nc(Cl)cc2nnc(-c3ccc4ccccc4n3)n12. The highest BCUT2D eigenvalue weighted by Crippen LogP contribution is 2.22. The van der Waals surface area contributed by atoms with Crippen LogP contribution in [0, 0.1) is 6.92 Å². The van der Waals surface area contributed by atoms with Crippen molar-refractivity contribution >= 4 is 28.2 Å². The van der Waals surface area contributed by atoms with Crippen molar-refractivity contribution in [3.8, 4) is 11.5 Å². The maximum atomic E-state index is 5.95. The Morgan fingerprint density at radius 2 is 1.86 bits per heavy atom. The second-order valence-electron chi connectivity index (χ2n) is 4.73. The van der Waals surface area contributed by atoms with Crippen molar-refractivity contribution in [2.24, 2.45) is 0 Å². The zero-order chi connectivity index (χ0) is 14.4. The van der Waals surface area contributed by atoms with Crippen molar-refractivity contribution in [1.82, 2.24) is 24.6 Å². The van der Waals surface area contributed by atoms with Crippen LogP contribution in [0.25, 0.3) is 28.1 Å². The summed E-state index contributed by atoms with van der Waals surface area (Å²) in [4.78, 5) is 8.89. The number of benzene rings is 1. The van der Waals surface area contributed by atoms with E-state index in [1.54, 1.807) is 6.07 Å². The van der Waals surface area contributed by atoms with Crippen LogP contribution >= 0.6 is 11.6 Å². The van der Waals surface area contributed by atoms with E-state index in [0.717, 1.165) is 22.4 Å². The second kappa shape index (κ2) is 4.49. The minimum atomic E-state index is 0.408. The Morgan fingerprint density at radius 1 is 1.00 bits per heavy atom. The van der Waals surface area contributed by atoms with Gasteiger partial charge in [0.25, 0.3) is 0 Å². The number of aryl methyl sites for hydroxylation is 1. The predicted octanol–water partition coefficient (Wildman–Crippen LogP) is 3.30. The fourth-order valence-corrected chi connectivity index (χ4v) is 2.63. The maximum Gasteiger partial charge on any atom is 0.188 e. The first kappa shape index (κ1) is 12.2. The van der Waals surface area contributed by atoms with Gasteiger partial charge in [-0.1, -0.05) is 35.9 Å². The Bertz CT molecular complexity index is 976. The quantitative estimate of drug-likeness (QED) is 0.506. The number of para-hydroxylation sites is 1. The molecule has 0 atom stereocenters. The summed E-state index contributed by atoms with van der Waals surface area (Å²) < 4.78 is 1.85. The van der Waals surface area contributed by atoms with Gasteiger partial charge in [-0.3, -0.25) is 4.40 Å². The van der Waals surface area contributed by atoms with Crippen LogP contribution in [0.5, 0.6) is 0 Å². The third kappa shape index (κ3) is 1.94. The first-order chi connectivity index (χ1) is 10.2. The van der Waals surface area contributed by atoms with Gasteiger partial charge in [0.15, 0.2) is 11.5 Å². The summed E-state index contributed by atoms with van der Waals surface area (Å²) in [5, 5.41) is 9.87. The molecule has 1 aromatic carbocycles. The van der Waals surface area contributed by atoms with E-state index in [4.69, 9.17) is 11.6 Å². The molecule has 5 nitrogen and oxygen atoms in total. The average molecular weight is 296 g/mol. The molecule has 0 aliphatic heterocycles. The maximum absolute atomic E-state index is 5.95. The summed E-state index contributed by atoms with van der Waals surface area (Å²) in [6.07, 6.45) is 0. The Morgan fingerprint density at radius 3 is 2.76 bits per heavy atom. The highest BCUT2D eigenvalue weighted by molar-refractivity contribution is 6.29. The lowest BCUT2D eigenvalue weighted by molar-refractivity contribution is 0.983. The molecule has 6 heteroatoms. The fraction of sp³-hybridized carbons (Fsp3) is 0.0667. The number of rotatable bonds is 1. The van der Waals surface area contributed by atoms with Crippen molar-refractivity contribution in [2.75, 3.05) is 0 Å². The molecule has 0 radical (unpaired) electrons. The predicted molar refractivity (Wildman–Crippen MR) is 81.3 cm³/mol. The fourth-order valence-electron chi connectivity index (χ4n) is 2.41. The molecule has 21 heavy (non-hydrogen) atoms. The normalized spacial score (nSPS) is 11.3. The molecule has 0 aliphatic rings. The molecule has 0 bridgehead atoms. The number of hydrogen-bond donors (Lipinski definition) is 0. The molecular weight excluding hydrogens is 286 g/mol. The first-order valence-corrected chi connectivity index (χ1v) is 6.84. The van der Waals surface area contributed by atoms with E-state index >= 15 is 0 Å². The van der Waals surface area contributed by atoms with Gasteiger partial charge < -0.3 is 0 Å². The third-order valence-electron chi connectivity index (χ3n) is 3.36. The van der Waals surface area contributed by atoms with Crippen LogP contribution in [0.1, 0.15) is 5.82 Å².